The molecule has 1 rings (SSSR count). The molecular weight excluding hydrogens is 423 g/mol. The van der Waals surface area contributed by atoms with E-state index in [1.165, 1.54) is 0 Å². The van der Waals surface area contributed by atoms with Gasteiger partial charge in [0.25, 0.3) is 6.36 Å². The summed E-state index contributed by atoms with van der Waals surface area (Å²) in [6, 6.07) is 0. The fourth-order valence-electron chi connectivity index (χ4n) is 2.30. The highest BCUT2D eigenvalue weighted by Crippen LogP contribution is 2.54. The summed E-state index contributed by atoms with van der Waals surface area (Å²) in [6.07, 6.45) is -30.5. The monoisotopic (exact) mass is 434 g/mol. The van der Waals surface area contributed by atoms with Crippen LogP contribution in [0.1, 0.15) is 13.3 Å². The van der Waals surface area contributed by atoms with Gasteiger partial charge in [-0.3, -0.25) is 0 Å². The van der Waals surface area contributed by atoms with Crippen LogP contribution in [0.25, 0.3) is 0 Å². The Bertz CT molecular complexity index is 497. The standard InChI is InChI=1S/C12H11F13O2/c1-2-7(3-26-4-7)5(9(15,16)12(23,24)25)27-6(13)8(14,10(17,18)19)11(20,21)22/h5-6H,2-4H2,1H3. The van der Waals surface area contributed by atoms with Crippen LogP contribution in [0, 0.1) is 5.41 Å². The van der Waals surface area contributed by atoms with Crippen molar-refractivity contribution in [3.63, 3.8) is 0 Å². The number of alkyl halides is 13. The summed E-state index contributed by atoms with van der Waals surface area (Å²) in [5.41, 5.74) is -9.32. The number of hydrogen-bond acceptors (Lipinski definition) is 2. The first kappa shape index (κ1) is 24.0. The van der Waals surface area contributed by atoms with Gasteiger partial charge in [0.15, 0.2) is 0 Å². The summed E-state index contributed by atoms with van der Waals surface area (Å²) in [7, 11) is 0. The van der Waals surface area contributed by atoms with Crippen LogP contribution >= 0.6 is 0 Å². The van der Waals surface area contributed by atoms with Crippen molar-refractivity contribution in [2.24, 2.45) is 5.41 Å². The minimum Gasteiger partial charge on any atom is -0.380 e. The van der Waals surface area contributed by atoms with E-state index in [0.29, 0.717) is 0 Å². The van der Waals surface area contributed by atoms with Gasteiger partial charge in [0, 0.05) is 5.41 Å². The molecule has 2 nitrogen and oxygen atoms in total. The molecule has 0 saturated carbocycles. The predicted molar refractivity (Wildman–Crippen MR) is 60.3 cm³/mol. The minimum absolute atomic E-state index is 0.729. The first-order valence-corrected chi connectivity index (χ1v) is 6.92. The van der Waals surface area contributed by atoms with Gasteiger partial charge in [-0.15, -0.1) is 0 Å². The second-order valence-corrected chi connectivity index (χ2v) is 5.87. The van der Waals surface area contributed by atoms with Crippen LogP contribution in [-0.4, -0.2) is 55.8 Å². The van der Waals surface area contributed by atoms with E-state index in [2.05, 4.69) is 9.47 Å². The van der Waals surface area contributed by atoms with Gasteiger partial charge in [-0.05, 0) is 6.42 Å². The molecule has 0 aromatic heterocycles. The second-order valence-electron chi connectivity index (χ2n) is 5.87. The zero-order valence-electron chi connectivity index (χ0n) is 13.0. The van der Waals surface area contributed by atoms with Crippen LogP contribution in [-0.2, 0) is 9.47 Å². The van der Waals surface area contributed by atoms with Crippen molar-refractivity contribution in [3.8, 4) is 0 Å². The molecule has 0 radical (unpaired) electrons. The molecule has 1 saturated heterocycles. The largest absolute Gasteiger partial charge is 0.456 e. The van der Waals surface area contributed by atoms with Crippen molar-refractivity contribution in [1.29, 1.82) is 0 Å². The molecule has 1 aliphatic rings. The van der Waals surface area contributed by atoms with E-state index in [9.17, 15) is 57.1 Å². The average molecular weight is 434 g/mol. The van der Waals surface area contributed by atoms with E-state index in [1.54, 1.807) is 0 Å². The SMILES string of the molecule is CCC1(C(OC(F)C(F)(C(F)(F)F)C(F)(F)F)C(F)(F)C(F)(F)F)COC1. The lowest BCUT2D eigenvalue weighted by molar-refractivity contribution is -0.416. The van der Waals surface area contributed by atoms with Gasteiger partial charge in [-0.1, -0.05) is 6.92 Å². The molecule has 0 spiro atoms. The van der Waals surface area contributed by atoms with E-state index in [1.807, 2.05) is 0 Å². The van der Waals surface area contributed by atoms with Gasteiger partial charge >= 0.3 is 30.1 Å². The highest BCUT2D eigenvalue weighted by Gasteiger charge is 2.80. The first-order chi connectivity index (χ1) is 11.8. The molecule has 27 heavy (non-hydrogen) atoms. The summed E-state index contributed by atoms with van der Waals surface area (Å²) in [4.78, 5) is 0. The molecule has 0 amide bonds. The second kappa shape index (κ2) is 6.81. The fourth-order valence-corrected chi connectivity index (χ4v) is 2.30. The van der Waals surface area contributed by atoms with Crippen molar-refractivity contribution in [2.45, 2.75) is 55.9 Å². The topological polar surface area (TPSA) is 18.5 Å². The van der Waals surface area contributed by atoms with Crippen LogP contribution in [0.4, 0.5) is 57.1 Å². The Kier molecular flexibility index (Phi) is 6.07. The first-order valence-electron chi connectivity index (χ1n) is 6.92. The third-order valence-electron chi connectivity index (χ3n) is 4.14. The Balaban J connectivity index is 3.42. The van der Waals surface area contributed by atoms with Crippen molar-refractivity contribution >= 4 is 0 Å². The average Bonchev–Trinajstić information content (AvgIpc) is 2.40. The molecule has 0 N–H and O–H groups in total. The molecule has 0 aromatic rings. The highest BCUT2D eigenvalue weighted by molar-refractivity contribution is 5.04. The summed E-state index contributed by atoms with van der Waals surface area (Å²) in [6.45, 7) is -1.08. The van der Waals surface area contributed by atoms with Crippen LogP contribution < -0.4 is 0 Å². The molecule has 2 atom stereocenters. The lowest BCUT2D eigenvalue weighted by atomic mass is 9.74. The van der Waals surface area contributed by atoms with Gasteiger partial charge in [0.1, 0.15) is 6.10 Å². The zero-order chi connectivity index (χ0) is 21.7. The number of rotatable bonds is 6. The van der Waals surface area contributed by atoms with Crippen LogP contribution in [0.3, 0.4) is 0 Å². The maximum absolute atomic E-state index is 13.7. The lowest BCUT2D eigenvalue weighted by Crippen LogP contribution is -2.67. The smallest absolute Gasteiger partial charge is 0.380 e. The van der Waals surface area contributed by atoms with Gasteiger partial charge in [0.2, 0.25) is 0 Å². The van der Waals surface area contributed by atoms with Crippen LogP contribution in [0.5, 0.6) is 0 Å². The Morgan fingerprint density at radius 3 is 1.44 bits per heavy atom. The molecule has 2 unspecified atom stereocenters. The maximum atomic E-state index is 13.7. The Morgan fingerprint density at radius 1 is 0.815 bits per heavy atom. The van der Waals surface area contributed by atoms with E-state index in [4.69, 9.17) is 0 Å². The van der Waals surface area contributed by atoms with Crippen molar-refractivity contribution < 1.29 is 66.5 Å². The normalized spacial score (nSPS) is 21.6. The summed E-state index contributed by atoms with van der Waals surface area (Å²) in [5.74, 6) is -6.10. The third kappa shape index (κ3) is 3.80. The number of hydrogen-bond donors (Lipinski definition) is 0. The number of halogens is 13. The summed E-state index contributed by atoms with van der Waals surface area (Å²) in [5, 5.41) is 0. The van der Waals surface area contributed by atoms with Crippen molar-refractivity contribution in [1.82, 2.24) is 0 Å². The van der Waals surface area contributed by atoms with Gasteiger partial charge in [-0.2, -0.15) is 48.3 Å². The quantitative estimate of drug-likeness (QED) is 0.541. The molecular formula is C12H11F13O2. The van der Waals surface area contributed by atoms with Gasteiger partial charge in [0.05, 0.1) is 13.2 Å². The molecule has 0 bridgehead atoms. The Labute approximate surface area is 142 Å². The number of ether oxygens (including phenoxy) is 2. The van der Waals surface area contributed by atoms with Crippen LogP contribution in [0.2, 0.25) is 0 Å². The van der Waals surface area contributed by atoms with Crippen molar-refractivity contribution in [3.05, 3.63) is 0 Å². The van der Waals surface area contributed by atoms with Gasteiger partial charge < -0.3 is 9.47 Å². The lowest BCUT2D eigenvalue weighted by Gasteiger charge is -2.49. The zero-order valence-corrected chi connectivity index (χ0v) is 13.0. The van der Waals surface area contributed by atoms with Crippen molar-refractivity contribution in [2.75, 3.05) is 13.2 Å². The van der Waals surface area contributed by atoms with E-state index in [-0.39, 0.29) is 0 Å². The maximum Gasteiger partial charge on any atom is 0.456 e. The van der Waals surface area contributed by atoms with Gasteiger partial charge in [-0.25, -0.2) is 8.78 Å². The Morgan fingerprint density at radius 2 is 1.22 bits per heavy atom. The summed E-state index contributed by atoms with van der Waals surface area (Å²) < 4.78 is 175. The van der Waals surface area contributed by atoms with Crippen LogP contribution in [0.15, 0.2) is 0 Å². The third-order valence-corrected chi connectivity index (χ3v) is 4.14. The fraction of sp³-hybridized carbons (Fsp3) is 1.00. The Hall–Kier alpha value is -0.990. The van der Waals surface area contributed by atoms with E-state index < -0.39 is 67.6 Å². The molecule has 0 aromatic carbocycles. The molecule has 1 aliphatic heterocycles. The molecule has 15 heteroatoms. The predicted octanol–water partition coefficient (Wildman–Crippen LogP) is 5.12. The highest BCUT2D eigenvalue weighted by atomic mass is 19.4. The molecule has 1 heterocycles. The van der Waals surface area contributed by atoms with E-state index in [0.717, 1.165) is 6.92 Å². The minimum atomic E-state index is -7.06. The van der Waals surface area contributed by atoms with E-state index >= 15 is 0 Å². The molecule has 162 valence electrons. The summed E-state index contributed by atoms with van der Waals surface area (Å²) >= 11 is 0. The molecule has 1 fully saturated rings. The molecule has 0 aliphatic carbocycles.